The zero-order chi connectivity index (χ0) is 14.1. The maximum atomic E-state index is 6.25. The zero-order valence-electron chi connectivity index (χ0n) is 12.2. The molecule has 0 saturated carbocycles. The molecule has 0 saturated heterocycles. The lowest BCUT2D eigenvalue weighted by atomic mass is 10.0. The summed E-state index contributed by atoms with van der Waals surface area (Å²) < 4.78 is 0. The van der Waals surface area contributed by atoms with Gasteiger partial charge in [0.25, 0.3) is 0 Å². The molecule has 0 bridgehead atoms. The minimum atomic E-state index is 0.954. The van der Waals surface area contributed by atoms with Crippen molar-refractivity contribution in [3.63, 3.8) is 0 Å². The first kappa shape index (κ1) is 12.7. The zero-order valence-corrected chi connectivity index (χ0v) is 12.2. The van der Waals surface area contributed by atoms with E-state index in [1.165, 1.54) is 22.5 Å². The van der Waals surface area contributed by atoms with Gasteiger partial charge in [0, 0.05) is 13.1 Å². The van der Waals surface area contributed by atoms with E-state index in [9.17, 15) is 0 Å². The van der Waals surface area contributed by atoms with Gasteiger partial charge in [0.05, 0.1) is 11.4 Å². The van der Waals surface area contributed by atoms with Gasteiger partial charge in [-0.05, 0) is 48.9 Å². The van der Waals surface area contributed by atoms with Crippen LogP contribution >= 0.6 is 0 Å². The van der Waals surface area contributed by atoms with Gasteiger partial charge in [-0.1, -0.05) is 36.4 Å². The second-order valence-corrected chi connectivity index (χ2v) is 5.75. The molecule has 0 atom stereocenters. The smallest absolute Gasteiger partial charge is 0.0693 e. The van der Waals surface area contributed by atoms with Crippen molar-refractivity contribution in [3.05, 3.63) is 59.7 Å². The second kappa shape index (κ2) is 5.41. The van der Waals surface area contributed by atoms with Crippen molar-refractivity contribution in [1.29, 1.82) is 0 Å². The maximum Gasteiger partial charge on any atom is 0.0693 e. The summed E-state index contributed by atoms with van der Waals surface area (Å²) in [4.78, 5) is 6.25. The summed E-state index contributed by atoms with van der Waals surface area (Å²) in [6.07, 6.45) is 4.58. The van der Waals surface area contributed by atoms with Gasteiger partial charge in [-0.3, -0.25) is 0 Å². The van der Waals surface area contributed by atoms with E-state index in [4.69, 9.17) is 4.94 Å². The van der Waals surface area contributed by atoms with Gasteiger partial charge >= 0.3 is 0 Å². The molecule has 2 aromatic rings. The predicted octanol–water partition coefficient (Wildman–Crippen LogP) is 3.74. The Bertz CT molecular complexity index is 585. The average molecular weight is 280 g/mol. The Balaban J connectivity index is 1.61. The van der Waals surface area contributed by atoms with Crippen LogP contribution in [0.25, 0.3) is 0 Å². The molecule has 4 rings (SSSR count). The van der Waals surface area contributed by atoms with Gasteiger partial charge in [-0.2, -0.15) is 4.94 Å². The molecule has 0 fully saturated rings. The van der Waals surface area contributed by atoms with E-state index in [-0.39, 0.29) is 0 Å². The Morgan fingerprint density at radius 2 is 1.14 bits per heavy atom. The van der Waals surface area contributed by atoms with Crippen LogP contribution in [-0.4, -0.2) is 13.1 Å². The molecule has 0 amide bonds. The van der Waals surface area contributed by atoms with Crippen molar-refractivity contribution in [2.75, 3.05) is 23.2 Å². The van der Waals surface area contributed by atoms with Gasteiger partial charge < -0.3 is 0 Å². The van der Waals surface area contributed by atoms with Crippen molar-refractivity contribution >= 4 is 11.4 Å². The van der Waals surface area contributed by atoms with Crippen molar-refractivity contribution in [3.8, 4) is 0 Å². The van der Waals surface area contributed by atoms with Crippen LogP contribution in [0.2, 0.25) is 0 Å². The van der Waals surface area contributed by atoms with Crippen molar-refractivity contribution in [2.45, 2.75) is 25.7 Å². The molecule has 0 unspecified atom stereocenters. The molecule has 3 heteroatoms. The highest BCUT2D eigenvalue weighted by atomic mass is 16.8. The minimum absolute atomic E-state index is 0.954. The fraction of sp³-hybridized carbons (Fsp3) is 0.333. The van der Waals surface area contributed by atoms with E-state index in [1.54, 1.807) is 0 Å². The SMILES string of the molecule is c1ccc2c(c1)CCCN2ON1CCCc2ccccc21. The van der Waals surface area contributed by atoms with E-state index in [0.29, 0.717) is 0 Å². The standard InChI is InChI=1S/C18H20N2O/c1-3-11-17-15(7-1)9-5-13-19(17)21-20-14-6-10-16-8-2-4-12-18(16)20/h1-4,7-8,11-12H,5-6,9-10,13-14H2. The average Bonchev–Trinajstić information content (AvgIpc) is 2.56. The van der Waals surface area contributed by atoms with Crippen LogP contribution in [-0.2, 0) is 17.8 Å². The number of hydrogen-bond acceptors (Lipinski definition) is 3. The maximum absolute atomic E-state index is 6.25. The van der Waals surface area contributed by atoms with Gasteiger partial charge in [0.15, 0.2) is 0 Å². The summed E-state index contributed by atoms with van der Waals surface area (Å²) >= 11 is 0. The third-order valence-electron chi connectivity index (χ3n) is 4.33. The molecule has 21 heavy (non-hydrogen) atoms. The Hall–Kier alpha value is -2.00. The number of hydroxylamine groups is 2. The van der Waals surface area contributed by atoms with Gasteiger partial charge in [-0.15, -0.1) is 0 Å². The third kappa shape index (κ3) is 2.38. The van der Waals surface area contributed by atoms with E-state index in [0.717, 1.165) is 38.8 Å². The van der Waals surface area contributed by atoms with E-state index < -0.39 is 0 Å². The van der Waals surface area contributed by atoms with Crippen LogP contribution in [0.4, 0.5) is 11.4 Å². The first-order chi connectivity index (χ1) is 10.4. The third-order valence-corrected chi connectivity index (χ3v) is 4.33. The molecule has 0 aromatic heterocycles. The summed E-state index contributed by atoms with van der Waals surface area (Å²) in [5.74, 6) is 0. The Morgan fingerprint density at radius 1 is 0.667 bits per heavy atom. The minimum Gasteiger partial charge on any atom is -0.229 e. The van der Waals surface area contributed by atoms with E-state index in [1.807, 2.05) is 0 Å². The molecule has 3 nitrogen and oxygen atoms in total. The highest BCUT2D eigenvalue weighted by Crippen LogP contribution is 2.31. The fourth-order valence-corrected chi connectivity index (χ4v) is 3.29. The molecule has 2 aliphatic rings. The normalized spacial score (nSPS) is 17.3. The summed E-state index contributed by atoms with van der Waals surface area (Å²) in [7, 11) is 0. The monoisotopic (exact) mass is 280 g/mol. The quantitative estimate of drug-likeness (QED) is 0.833. The highest BCUT2D eigenvalue weighted by Gasteiger charge is 2.23. The van der Waals surface area contributed by atoms with Crippen LogP contribution in [0.5, 0.6) is 0 Å². The lowest BCUT2D eigenvalue weighted by Gasteiger charge is -2.37. The summed E-state index contributed by atoms with van der Waals surface area (Å²) in [5.41, 5.74) is 5.20. The van der Waals surface area contributed by atoms with Crippen LogP contribution < -0.4 is 10.1 Å². The molecule has 2 aliphatic heterocycles. The van der Waals surface area contributed by atoms with Gasteiger partial charge in [0.1, 0.15) is 0 Å². The number of benzene rings is 2. The Kier molecular flexibility index (Phi) is 3.28. The van der Waals surface area contributed by atoms with Crippen molar-refractivity contribution in [1.82, 2.24) is 0 Å². The van der Waals surface area contributed by atoms with Crippen molar-refractivity contribution < 1.29 is 4.94 Å². The van der Waals surface area contributed by atoms with Crippen LogP contribution in [0, 0.1) is 0 Å². The molecule has 0 aliphatic carbocycles. The lowest BCUT2D eigenvalue weighted by Crippen LogP contribution is -2.40. The van der Waals surface area contributed by atoms with Crippen LogP contribution in [0.3, 0.4) is 0 Å². The van der Waals surface area contributed by atoms with Gasteiger partial charge in [0.2, 0.25) is 0 Å². The van der Waals surface area contributed by atoms with Gasteiger partial charge in [-0.25, -0.2) is 10.1 Å². The summed E-state index contributed by atoms with van der Waals surface area (Å²) in [5, 5.41) is 4.11. The lowest BCUT2D eigenvalue weighted by molar-refractivity contribution is 0.0764. The largest absolute Gasteiger partial charge is 0.229 e. The first-order valence-corrected chi connectivity index (χ1v) is 7.81. The predicted molar refractivity (Wildman–Crippen MR) is 85.3 cm³/mol. The van der Waals surface area contributed by atoms with Crippen LogP contribution in [0.15, 0.2) is 48.5 Å². The van der Waals surface area contributed by atoms with E-state index in [2.05, 4.69) is 58.7 Å². The Morgan fingerprint density at radius 3 is 1.67 bits per heavy atom. The topological polar surface area (TPSA) is 15.7 Å². The number of rotatable bonds is 2. The highest BCUT2D eigenvalue weighted by molar-refractivity contribution is 5.56. The number of anilines is 2. The first-order valence-electron chi connectivity index (χ1n) is 7.81. The number of para-hydroxylation sites is 2. The molecular formula is C18H20N2O. The molecular weight excluding hydrogens is 260 g/mol. The molecule has 108 valence electrons. The Labute approximate surface area is 125 Å². The van der Waals surface area contributed by atoms with Crippen molar-refractivity contribution in [2.24, 2.45) is 0 Å². The summed E-state index contributed by atoms with van der Waals surface area (Å²) in [6, 6.07) is 17.1. The number of aryl methyl sites for hydroxylation is 2. The van der Waals surface area contributed by atoms with Crippen LogP contribution in [0.1, 0.15) is 24.0 Å². The number of nitrogens with zero attached hydrogens (tertiary/aromatic N) is 2. The second-order valence-electron chi connectivity index (χ2n) is 5.75. The van der Waals surface area contributed by atoms with E-state index >= 15 is 0 Å². The molecule has 0 spiro atoms. The molecule has 0 radical (unpaired) electrons. The summed E-state index contributed by atoms with van der Waals surface area (Å²) in [6.45, 7) is 1.91. The number of hydrogen-bond donors (Lipinski definition) is 0. The molecule has 0 N–H and O–H groups in total. The molecule has 2 aromatic carbocycles. The molecule has 2 heterocycles. The fourth-order valence-electron chi connectivity index (χ4n) is 3.29. The number of fused-ring (bicyclic) bond motifs is 2.